The van der Waals surface area contributed by atoms with Crippen molar-refractivity contribution in [3.8, 4) is 0 Å². The molecule has 0 aliphatic heterocycles. The molecule has 8 heteroatoms. The van der Waals surface area contributed by atoms with Gasteiger partial charge in [0, 0.05) is 46.9 Å². The smallest absolute Gasteiger partial charge is 0.183 e. The van der Waals surface area contributed by atoms with Crippen LogP contribution in [-0.2, 0) is 23.7 Å². The van der Waals surface area contributed by atoms with Crippen LogP contribution >= 0.6 is 17.2 Å². The van der Waals surface area contributed by atoms with Gasteiger partial charge in [0.2, 0.25) is 0 Å². The van der Waals surface area contributed by atoms with Crippen LogP contribution in [0.3, 0.4) is 0 Å². The maximum absolute atomic E-state index is 6.85. The van der Waals surface area contributed by atoms with Gasteiger partial charge >= 0.3 is 0 Å². The minimum atomic E-state index is -0.780. The fourth-order valence-corrected chi connectivity index (χ4v) is 6.45. The second kappa shape index (κ2) is 12.3. The SMILES string of the molecule is CCC(OC)(OC)PC(C)CC(N)(OC(C)C)C(C)PC(CC)(OC)OC. The van der Waals surface area contributed by atoms with Gasteiger partial charge < -0.3 is 29.4 Å². The predicted molar refractivity (Wildman–Crippen MR) is 117 cm³/mol. The summed E-state index contributed by atoms with van der Waals surface area (Å²) in [5.74, 6) is 0. The normalized spacial score (nSPS) is 18.7. The third-order valence-electron chi connectivity index (χ3n) is 4.97. The molecule has 0 aromatic heterocycles. The molecule has 5 unspecified atom stereocenters. The molecule has 0 aromatic carbocycles. The fourth-order valence-electron chi connectivity index (χ4n) is 3.31. The van der Waals surface area contributed by atoms with E-state index in [4.69, 9.17) is 29.4 Å². The molecule has 0 heterocycles. The van der Waals surface area contributed by atoms with Crippen LogP contribution in [0.15, 0.2) is 0 Å². The summed E-state index contributed by atoms with van der Waals surface area (Å²) in [6.45, 7) is 12.5. The lowest BCUT2D eigenvalue weighted by Crippen LogP contribution is -2.54. The first-order valence-electron chi connectivity index (χ1n) is 9.74. The van der Waals surface area contributed by atoms with Crippen molar-refractivity contribution in [3.63, 3.8) is 0 Å². The van der Waals surface area contributed by atoms with Crippen molar-refractivity contribution >= 4 is 17.2 Å². The van der Waals surface area contributed by atoms with E-state index in [0.29, 0.717) is 23.6 Å². The average molecular weight is 428 g/mol. The van der Waals surface area contributed by atoms with Crippen molar-refractivity contribution in [2.24, 2.45) is 5.73 Å². The summed E-state index contributed by atoms with van der Waals surface area (Å²) in [5.41, 5.74) is 5.23. The van der Waals surface area contributed by atoms with Gasteiger partial charge in [0.1, 0.15) is 5.72 Å². The molecular weight excluding hydrogens is 384 g/mol. The molecular formula is C19H43NO5P2. The number of hydrogen-bond acceptors (Lipinski definition) is 6. The number of rotatable bonds is 15. The van der Waals surface area contributed by atoms with Gasteiger partial charge in [-0.15, -0.1) is 0 Å². The molecule has 0 aromatic rings. The highest BCUT2D eigenvalue weighted by molar-refractivity contribution is 7.40. The second-order valence-electron chi connectivity index (χ2n) is 7.27. The van der Waals surface area contributed by atoms with Crippen LogP contribution in [0, 0.1) is 0 Å². The van der Waals surface area contributed by atoms with Crippen LogP contribution in [0.5, 0.6) is 0 Å². The molecule has 27 heavy (non-hydrogen) atoms. The molecule has 0 aliphatic rings. The van der Waals surface area contributed by atoms with Crippen LogP contribution in [0.4, 0.5) is 0 Å². The molecule has 0 saturated heterocycles. The zero-order valence-corrected chi connectivity index (χ0v) is 21.0. The zero-order valence-electron chi connectivity index (χ0n) is 19.0. The standard InChI is InChI=1S/C19H43NO5P2/c1-11-18(21-7,22-8)26-15(5)13-17(20,25-14(3)4)16(6)27-19(12-2,23-9)24-10/h14-16,26-27H,11-13,20H2,1-10H3. The number of nitrogens with two attached hydrogens (primary N) is 1. The van der Waals surface area contributed by atoms with Gasteiger partial charge in [-0.25, -0.2) is 0 Å². The Morgan fingerprint density at radius 1 is 0.778 bits per heavy atom. The van der Waals surface area contributed by atoms with Crippen LogP contribution in [-0.4, -0.2) is 62.6 Å². The third kappa shape index (κ3) is 8.10. The first kappa shape index (κ1) is 27.6. The molecule has 0 spiro atoms. The van der Waals surface area contributed by atoms with E-state index >= 15 is 0 Å². The summed E-state index contributed by atoms with van der Waals surface area (Å²) in [7, 11) is 7.58. The van der Waals surface area contributed by atoms with E-state index in [1.807, 2.05) is 13.8 Å². The van der Waals surface area contributed by atoms with E-state index in [2.05, 4.69) is 27.7 Å². The van der Waals surface area contributed by atoms with Crippen molar-refractivity contribution < 1.29 is 23.7 Å². The Bertz CT molecular complexity index is 389. The van der Waals surface area contributed by atoms with Gasteiger partial charge in [-0.1, -0.05) is 44.9 Å². The Kier molecular flexibility index (Phi) is 12.6. The summed E-state index contributed by atoms with van der Waals surface area (Å²) in [5, 5.41) is 0. The fraction of sp³-hybridized carbons (Fsp3) is 1.00. The topological polar surface area (TPSA) is 72.2 Å². The molecule has 5 atom stereocenters. The Labute approximate surface area is 170 Å². The molecule has 0 saturated carbocycles. The largest absolute Gasteiger partial charge is 0.358 e. The monoisotopic (exact) mass is 427 g/mol. The van der Waals surface area contributed by atoms with Crippen LogP contribution < -0.4 is 5.73 Å². The van der Waals surface area contributed by atoms with Gasteiger partial charge in [0.15, 0.2) is 11.1 Å². The minimum Gasteiger partial charge on any atom is -0.358 e. The van der Waals surface area contributed by atoms with Crippen molar-refractivity contribution in [1.82, 2.24) is 0 Å². The number of ether oxygens (including phenoxy) is 5. The maximum Gasteiger partial charge on any atom is 0.183 e. The maximum atomic E-state index is 6.85. The van der Waals surface area contributed by atoms with Gasteiger partial charge in [0.05, 0.1) is 6.10 Å². The Morgan fingerprint density at radius 3 is 1.52 bits per heavy atom. The molecule has 6 nitrogen and oxygen atoms in total. The molecule has 0 aliphatic carbocycles. The Morgan fingerprint density at radius 2 is 1.19 bits per heavy atom. The molecule has 0 bridgehead atoms. The first-order valence-corrected chi connectivity index (χ1v) is 11.9. The molecule has 0 rings (SSSR count). The molecule has 0 amide bonds. The van der Waals surface area contributed by atoms with E-state index in [0.717, 1.165) is 12.8 Å². The van der Waals surface area contributed by atoms with Gasteiger partial charge in [0.25, 0.3) is 0 Å². The van der Waals surface area contributed by atoms with E-state index in [9.17, 15) is 0 Å². The Hall–Kier alpha value is 0.620. The third-order valence-corrected chi connectivity index (χ3v) is 8.99. The summed E-state index contributed by atoms with van der Waals surface area (Å²) in [6, 6.07) is 0. The van der Waals surface area contributed by atoms with Crippen molar-refractivity contribution in [1.29, 1.82) is 0 Å². The Balaban J connectivity index is 5.43. The van der Waals surface area contributed by atoms with E-state index in [1.165, 1.54) is 0 Å². The summed E-state index contributed by atoms with van der Waals surface area (Å²) in [4.78, 5) is 0. The van der Waals surface area contributed by atoms with Crippen molar-refractivity contribution in [2.45, 2.75) is 95.0 Å². The number of methoxy groups -OCH3 is 4. The van der Waals surface area contributed by atoms with Gasteiger partial charge in [-0.2, -0.15) is 0 Å². The van der Waals surface area contributed by atoms with Crippen molar-refractivity contribution in [3.05, 3.63) is 0 Å². The average Bonchev–Trinajstić information content (AvgIpc) is 2.63. The van der Waals surface area contributed by atoms with E-state index < -0.39 is 16.8 Å². The highest BCUT2D eigenvalue weighted by atomic mass is 31.1. The summed E-state index contributed by atoms with van der Waals surface area (Å²) in [6.07, 6.45) is 2.28. The van der Waals surface area contributed by atoms with Crippen LogP contribution in [0.25, 0.3) is 0 Å². The highest BCUT2D eigenvalue weighted by Crippen LogP contribution is 2.48. The molecule has 164 valence electrons. The molecule has 0 fully saturated rings. The summed E-state index contributed by atoms with van der Waals surface area (Å²) < 4.78 is 29.0. The van der Waals surface area contributed by atoms with E-state index in [-0.39, 0.29) is 17.4 Å². The summed E-state index contributed by atoms with van der Waals surface area (Å²) >= 11 is 0. The lowest BCUT2D eigenvalue weighted by molar-refractivity contribution is -0.142. The number of hydrogen-bond donors (Lipinski definition) is 1. The predicted octanol–water partition coefficient (Wildman–Crippen LogP) is 4.30. The zero-order chi connectivity index (χ0) is 21.3. The van der Waals surface area contributed by atoms with Crippen LogP contribution in [0.2, 0.25) is 0 Å². The van der Waals surface area contributed by atoms with Gasteiger partial charge in [-0.3, -0.25) is 0 Å². The second-order valence-corrected chi connectivity index (χ2v) is 11.2. The highest BCUT2D eigenvalue weighted by Gasteiger charge is 2.42. The quantitative estimate of drug-likeness (QED) is 0.310. The lowest BCUT2D eigenvalue weighted by atomic mass is 10.0. The van der Waals surface area contributed by atoms with Crippen molar-refractivity contribution in [2.75, 3.05) is 28.4 Å². The van der Waals surface area contributed by atoms with Crippen LogP contribution in [0.1, 0.15) is 60.8 Å². The minimum absolute atomic E-state index is 0.0275. The lowest BCUT2D eigenvalue weighted by Gasteiger charge is -2.43. The molecule has 0 radical (unpaired) electrons. The van der Waals surface area contributed by atoms with E-state index in [1.54, 1.807) is 28.4 Å². The first-order chi connectivity index (χ1) is 12.5. The van der Waals surface area contributed by atoms with Gasteiger partial charge in [-0.05, 0) is 25.9 Å². The molecule has 2 N–H and O–H groups in total.